The number of nitrogens with two attached hydrogens (primary N) is 1. The predicted octanol–water partition coefficient (Wildman–Crippen LogP) is 3.65. The topological polar surface area (TPSA) is 77.2 Å². The number of halogens is 2. The Morgan fingerprint density at radius 2 is 2.09 bits per heavy atom. The van der Waals surface area contributed by atoms with E-state index in [0.29, 0.717) is 27.9 Å². The van der Waals surface area contributed by atoms with Crippen molar-refractivity contribution >= 4 is 29.1 Å². The summed E-state index contributed by atoms with van der Waals surface area (Å²) in [5.41, 5.74) is 5.64. The normalized spacial score (nSPS) is 11.2. The second-order valence-corrected chi connectivity index (χ2v) is 6.55. The lowest BCUT2D eigenvalue weighted by Gasteiger charge is -2.19. The predicted molar refractivity (Wildman–Crippen MR) is 91.4 cm³/mol. The minimum absolute atomic E-state index is 0.157. The first-order chi connectivity index (χ1) is 10.8. The lowest BCUT2D eigenvalue weighted by molar-refractivity contribution is 0.0943. The van der Waals surface area contributed by atoms with Crippen LogP contribution in [0.3, 0.4) is 0 Å². The van der Waals surface area contributed by atoms with E-state index in [0.717, 1.165) is 0 Å². The summed E-state index contributed by atoms with van der Waals surface area (Å²) in [6, 6.07) is 8.08. The fraction of sp³-hybridized carbons (Fsp3) is 0.250. The van der Waals surface area contributed by atoms with Gasteiger partial charge < -0.3 is 15.8 Å². The average molecular weight is 354 g/mol. The number of amides is 1. The highest BCUT2D eigenvalue weighted by atomic mass is 35.5. The summed E-state index contributed by atoms with van der Waals surface area (Å²) < 4.78 is 5.65. The summed E-state index contributed by atoms with van der Waals surface area (Å²) in [7, 11) is 0. The Labute approximate surface area is 144 Å². The van der Waals surface area contributed by atoms with Crippen LogP contribution in [0, 0.1) is 0 Å². The minimum Gasteiger partial charge on any atom is -0.437 e. The molecule has 122 valence electrons. The molecular formula is C16H17Cl2N3O2. The molecule has 2 rings (SSSR count). The number of nitrogens with zero attached hydrogens (tertiary/aromatic N) is 1. The van der Waals surface area contributed by atoms with Crippen LogP contribution in [-0.2, 0) is 0 Å². The van der Waals surface area contributed by atoms with E-state index < -0.39 is 5.54 Å². The maximum absolute atomic E-state index is 12.3. The highest BCUT2D eigenvalue weighted by Gasteiger charge is 2.18. The fourth-order valence-corrected chi connectivity index (χ4v) is 2.16. The van der Waals surface area contributed by atoms with Crippen molar-refractivity contribution in [2.45, 2.75) is 19.4 Å². The van der Waals surface area contributed by atoms with Gasteiger partial charge in [0.25, 0.3) is 5.91 Å². The van der Waals surface area contributed by atoms with Gasteiger partial charge in [0.1, 0.15) is 11.3 Å². The molecule has 0 saturated carbocycles. The molecule has 0 radical (unpaired) electrons. The Hall–Kier alpha value is -1.82. The molecule has 3 N–H and O–H groups in total. The van der Waals surface area contributed by atoms with Crippen molar-refractivity contribution in [1.29, 1.82) is 0 Å². The number of pyridine rings is 1. The zero-order valence-corrected chi connectivity index (χ0v) is 14.3. The minimum atomic E-state index is -0.515. The maximum Gasteiger partial charge on any atom is 0.256 e. The average Bonchev–Trinajstić information content (AvgIpc) is 2.47. The van der Waals surface area contributed by atoms with Crippen molar-refractivity contribution in [1.82, 2.24) is 10.3 Å². The van der Waals surface area contributed by atoms with Gasteiger partial charge in [-0.15, -0.1) is 0 Å². The number of nitrogens with one attached hydrogen (secondary N) is 1. The number of ether oxygens (including phenoxy) is 1. The van der Waals surface area contributed by atoms with Gasteiger partial charge in [-0.1, -0.05) is 23.2 Å². The van der Waals surface area contributed by atoms with Gasteiger partial charge in [-0.3, -0.25) is 4.79 Å². The molecule has 1 aromatic heterocycles. The summed E-state index contributed by atoms with van der Waals surface area (Å²) in [5.74, 6) is 0.198. The molecule has 0 bridgehead atoms. The molecule has 0 atom stereocenters. The fourth-order valence-electron chi connectivity index (χ4n) is 1.71. The summed E-state index contributed by atoms with van der Waals surface area (Å²) in [4.78, 5) is 16.4. The smallest absolute Gasteiger partial charge is 0.256 e. The number of rotatable bonds is 5. The molecule has 1 aromatic carbocycles. The second kappa shape index (κ2) is 7.17. The molecule has 23 heavy (non-hydrogen) atoms. The van der Waals surface area contributed by atoms with Crippen molar-refractivity contribution in [2.75, 3.05) is 6.54 Å². The third kappa shape index (κ3) is 5.10. The van der Waals surface area contributed by atoms with E-state index in [1.807, 2.05) is 13.8 Å². The number of aromatic nitrogens is 1. The van der Waals surface area contributed by atoms with Crippen LogP contribution < -0.4 is 15.8 Å². The second-order valence-electron chi connectivity index (χ2n) is 5.70. The molecule has 0 aliphatic carbocycles. The first kappa shape index (κ1) is 17.5. The number of hydrogen-bond donors (Lipinski definition) is 2. The molecule has 2 aromatic rings. The zero-order valence-electron chi connectivity index (χ0n) is 12.8. The van der Waals surface area contributed by atoms with Gasteiger partial charge in [0, 0.05) is 23.3 Å². The Balaban J connectivity index is 2.22. The monoisotopic (exact) mass is 353 g/mol. The third-order valence-electron chi connectivity index (χ3n) is 2.82. The van der Waals surface area contributed by atoms with Gasteiger partial charge in [-0.05, 0) is 44.2 Å². The zero-order chi connectivity index (χ0) is 17.0. The summed E-state index contributed by atoms with van der Waals surface area (Å²) in [6.45, 7) is 3.96. The lowest BCUT2D eigenvalue weighted by Crippen LogP contribution is -2.45. The van der Waals surface area contributed by atoms with Crippen LogP contribution >= 0.6 is 23.2 Å². The van der Waals surface area contributed by atoms with Crippen LogP contribution in [0.4, 0.5) is 0 Å². The number of benzene rings is 1. The van der Waals surface area contributed by atoms with Gasteiger partial charge in [-0.25, -0.2) is 4.98 Å². The largest absolute Gasteiger partial charge is 0.437 e. The SMILES string of the molecule is CC(C)(N)CNC(=O)c1cccnc1Oc1ccc(Cl)cc1Cl. The van der Waals surface area contributed by atoms with Gasteiger partial charge in [-0.2, -0.15) is 0 Å². The Morgan fingerprint density at radius 1 is 1.35 bits per heavy atom. The van der Waals surface area contributed by atoms with Crippen molar-refractivity contribution < 1.29 is 9.53 Å². The Bertz CT molecular complexity index is 715. The van der Waals surface area contributed by atoms with E-state index in [4.69, 9.17) is 33.7 Å². The van der Waals surface area contributed by atoms with Crippen LogP contribution in [0.5, 0.6) is 11.6 Å². The maximum atomic E-state index is 12.3. The molecule has 0 spiro atoms. The molecule has 5 nitrogen and oxygen atoms in total. The standard InChI is InChI=1S/C16H17Cl2N3O2/c1-16(2,19)9-21-14(22)11-4-3-7-20-15(11)23-13-6-5-10(17)8-12(13)18/h3-8H,9,19H2,1-2H3,(H,21,22). The van der Waals surface area contributed by atoms with Crippen LogP contribution in [0.1, 0.15) is 24.2 Å². The first-order valence-electron chi connectivity index (χ1n) is 6.91. The quantitative estimate of drug-likeness (QED) is 0.859. The number of hydrogen-bond acceptors (Lipinski definition) is 4. The summed E-state index contributed by atoms with van der Waals surface area (Å²) in [5, 5.41) is 3.57. The van der Waals surface area contributed by atoms with Gasteiger partial charge >= 0.3 is 0 Å². The van der Waals surface area contributed by atoms with E-state index in [1.165, 1.54) is 6.20 Å². The third-order valence-corrected chi connectivity index (χ3v) is 3.35. The van der Waals surface area contributed by atoms with E-state index in [2.05, 4.69) is 10.3 Å². The Kier molecular flexibility index (Phi) is 5.46. The molecule has 7 heteroatoms. The first-order valence-corrected chi connectivity index (χ1v) is 7.67. The summed E-state index contributed by atoms with van der Waals surface area (Å²) >= 11 is 11.9. The molecule has 0 saturated heterocycles. The van der Waals surface area contributed by atoms with Gasteiger partial charge in [0.15, 0.2) is 0 Å². The molecule has 0 aliphatic heterocycles. The summed E-state index contributed by atoms with van der Waals surface area (Å²) in [6.07, 6.45) is 1.53. The van der Waals surface area contributed by atoms with Crippen molar-refractivity contribution in [3.63, 3.8) is 0 Å². The molecule has 0 unspecified atom stereocenters. The van der Waals surface area contributed by atoms with E-state index in [1.54, 1.807) is 30.3 Å². The molecule has 1 heterocycles. The van der Waals surface area contributed by atoms with Crippen molar-refractivity contribution in [3.05, 3.63) is 52.1 Å². The van der Waals surface area contributed by atoms with Crippen molar-refractivity contribution in [2.24, 2.45) is 5.73 Å². The molecular weight excluding hydrogens is 337 g/mol. The van der Waals surface area contributed by atoms with E-state index >= 15 is 0 Å². The van der Waals surface area contributed by atoms with Gasteiger partial charge in [0.2, 0.25) is 5.88 Å². The molecule has 1 amide bonds. The highest BCUT2D eigenvalue weighted by molar-refractivity contribution is 6.35. The van der Waals surface area contributed by atoms with E-state index in [-0.39, 0.29) is 11.8 Å². The van der Waals surface area contributed by atoms with Crippen LogP contribution in [0.2, 0.25) is 10.0 Å². The Morgan fingerprint density at radius 3 is 2.74 bits per heavy atom. The van der Waals surface area contributed by atoms with Crippen molar-refractivity contribution in [3.8, 4) is 11.6 Å². The molecule has 0 fully saturated rings. The van der Waals surface area contributed by atoms with E-state index in [9.17, 15) is 4.79 Å². The van der Waals surface area contributed by atoms with Crippen LogP contribution in [0.15, 0.2) is 36.5 Å². The highest BCUT2D eigenvalue weighted by Crippen LogP contribution is 2.31. The molecule has 0 aliphatic rings. The number of carbonyl (C=O) groups excluding carboxylic acids is 1. The number of carbonyl (C=O) groups is 1. The lowest BCUT2D eigenvalue weighted by atomic mass is 10.1. The van der Waals surface area contributed by atoms with Crippen LogP contribution in [0.25, 0.3) is 0 Å². The van der Waals surface area contributed by atoms with Gasteiger partial charge in [0.05, 0.1) is 5.02 Å². The van der Waals surface area contributed by atoms with Crippen LogP contribution in [-0.4, -0.2) is 23.0 Å².